The number of benzene rings is 8. The Morgan fingerprint density at radius 1 is 0.356 bits per heavy atom. The van der Waals surface area contributed by atoms with Crippen molar-refractivity contribution in [2.75, 3.05) is 0 Å². The molecule has 1 nitrogen and oxygen atoms in total. The molecule has 45 heavy (non-hydrogen) atoms. The van der Waals surface area contributed by atoms with Crippen LogP contribution in [0.25, 0.3) is 88.0 Å². The Bertz CT molecular complexity index is 3030. The van der Waals surface area contributed by atoms with E-state index < -0.39 is 18.1 Å². The maximum absolute atomic E-state index is 9.99. The number of para-hydroxylation sites is 1. The van der Waals surface area contributed by atoms with Crippen molar-refractivity contribution in [2.45, 2.75) is 0 Å². The van der Waals surface area contributed by atoms with Crippen molar-refractivity contribution < 1.29 is 18.1 Å². The van der Waals surface area contributed by atoms with Crippen molar-refractivity contribution >= 4 is 43.5 Å². The van der Waals surface area contributed by atoms with Crippen molar-refractivity contribution in [3.8, 4) is 44.5 Å². The highest BCUT2D eigenvalue weighted by atomic mass is 16.3. The molecule has 0 bridgehead atoms. The molecule has 1 heteroatoms. The summed E-state index contributed by atoms with van der Waals surface area (Å²) in [6, 6.07) is 30.5. The van der Waals surface area contributed by atoms with Crippen LogP contribution >= 0.6 is 0 Å². The third kappa shape index (κ3) is 4.09. The van der Waals surface area contributed by atoms with Crippen LogP contribution in [0.3, 0.4) is 0 Å². The van der Waals surface area contributed by atoms with Gasteiger partial charge in [0.2, 0.25) is 0 Å². The van der Waals surface area contributed by atoms with Crippen molar-refractivity contribution in [1.29, 1.82) is 0 Å². The van der Waals surface area contributed by atoms with Crippen molar-refractivity contribution in [3.63, 3.8) is 0 Å². The molecule has 0 spiro atoms. The fourth-order valence-electron chi connectivity index (χ4n) is 6.39. The molecular weight excluding hydrogens is 544 g/mol. The second kappa shape index (κ2) is 10.4. The van der Waals surface area contributed by atoms with E-state index in [1.165, 1.54) is 0 Å². The molecule has 0 saturated heterocycles. The van der Waals surface area contributed by atoms with Gasteiger partial charge in [-0.25, -0.2) is 0 Å². The highest BCUT2D eigenvalue weighted by molar-refractivity contribution is 6.24. The molecule has 0 aliphatic rings. The quantitative estimate of drug-likeness (QED) is 0.188. The van der Waals surface area contributed by atoms with E-state index in [0.29, 0.717) is 66.1 Å². The smallest absolute Gasteiger partial charge is 0.136 e. The zero-order chi connectivity index (χ0) is 38.4. The van der Waals surface area contributed by atoms with Crippen molar-refractivity contribution in [3.05, 3.63) is 170 Å². The van der Waals surface area contributed by atoms with Gasteiger partial charge < -0.3 is 4.42 Å². The first-order chi connectivity index (χ1) is 26.5. The highest BCUT2D eigenvalue weighted by Gasteiger charge is 2.22. The van der Waals surface area contributed by atoms with E-state index in [9.17, 15) is 4.11 Å². The Morgan fingerprint density at radius 2 is 0.844 bits per heavy atom. The van der Waals surface area contributed by atoms with Crippen LogP contribution in [0.4, 0.5) is 0 Å². The Kier molecular flexibility index (Phi) is 4.01. The first-order valence-electron chi connectivity index (χ1n) is 19.6. The van der Waals surface area contributed by atoms with Gasteiger partial charge in [-0.1, -0.05) is 151 Å². The molecule has 8 aromatic carbocycles. The molecule has 0 aliphatic heterocycles. The number of hydrogen-bond acceptors (Lipinski definition) is 1. The van der Waals surface area contributed by atoms with E-state index in [2.05, 4.69) is 0 Å². The third-order valence-electron chi connectivity index (χ3n) is 8.32. The summed E-state index contributed by atoms with van der Waals surface area (Å²) in [7, 11) is 0. The van der Waals surface area contributed by atoms with Crippen molar-refractivity contribution in [1.82, 2.24) is 0 Å². The summed E-state index contributed by atoms with van der Waals surface area (Å²) in [4.78, 5) is 0. The van der Waals surface area contributed by atoms with Crippen LogP contribution in [0.1, 0.15) is 13.7 Å². The Balaban J connectivity index is 1.53. The second-order valence-electron chi connectivity index (χ2n) is 10.8. The summed E-state index contributed by atoms with van der Waals surface area (Å²) >= 11 is 0. The predicted molar refractivity (Wildman–Crippen MR) is 190 cm³/mol. The normalized spacial score (nSPS) is 14.7. The van der Waals surface area contributed by atoms with E-state index in [0.717, 1.165) is 0 Å². The van der Waals surface area contributed by atoms with Gasteiger partial charge in [-0.3, -0.25) is 0 Å². The lowest BCUT2D eigenvalue weighted by Crippen LogP contribution is -1.94. The van der Waals surface area contributed by atoms with Crippen LogP contribution in [0, 0.1) is 0 Å². The molecule has 210 valence electrons. The summed E-state index contributed by atoms with van der Waals surface area (Å²) < 4.78 is 95.9. The fraction of sp³-hybridized carbons (Fsp3) is 0. The lowest BCUT2D eigenvalue weighted by molar-refractivity contribution is 0.669. The number of fused-ring (bicyclic) bond motifs is 5. The van der Waals surface area contributed by atoms with Gasteiger partial charge in [0.15, 0.2) is 0 Å². The molecule has 0 fully saturated rings. The monoisotopic (exact) mass is 582 g/mol. The second-order valence-corrected chi connectivity index (χ2v) is 10.8. The van der Waals surface area contributed by atoms with Crippen LogP contribution in [0.2, 0.25) is 0 Å². The van der Waals surface area contributed by atoms with E-state index in [-0.39, 0.29) is 64.2 Å². The lowest BCUT2D eigenvalue weighted by atomic mass is 9.82. The van der Waals surface area contributed by atoms with Gasteiger partial charge in [-0.15, -0.1) is 0 Å². The van der Waals surface area contributed by atoms with Crippen LogP contribution in [-0.4, -0.2) is 0 Å². The largest absolute Gasteiger partial charge is 0.456 e. The minimum Gasteiger partial charge on any atom is -0.456 e. The molecule has 0 aliphatic carbocycles. The fourth-order valence-corrected chi connectivity index (χ4v) is 6.39. The molecule has 9 rings (SSSR count). The summed E-state index contributed by atoms with van der Waals surface area (Å²) in [6.07, 6.45) is 0. The Labute approximate surface area is 275 Å². The van der Waals surface area contributed by atoms with E-state index in [4.69, 9.17) is 14.0 Å². The molecule has 1 heterocycles. The molecular formula is C44H28O. The molecule has 0 N–H and O–H groups in total. The first-order valence-corrected chi connectivity index (χ1v) is 14.6. The Hall–Kier alpha value is -5.92. The van der Waals surface area contributed by atoms with E-state index in [1.807, 2.05) is 109 Å². The first kappa shape index (κ1) is 17.4. The SMILES string of the molecule is [2H]c1c([2H])c([2H])c(-c2c3ccccc3c(-c3c(-c4ccccc4)c([2H])c4oc5c([2H])c([2H])c([2H])c([2H])c5c4c3[2H])c3ccccc23)c(-c2ccccc2)c1[2H]. The Morgan fingerprint density at radius 3 is 1.47 bits per heavy atom. The van der Waals surface area contributed by atoms with Crippen molar-refractivity contribution in [2.24, 2.45) is 0 Å². The highest BCUT2D eigenvalue weighted by Crippen LogP contribution is 2.49. The molecule has 0 radical (unpaired) electrons. The number of hydrogen-bond donors (Lipinski definition) is 0. The number of furan rings is 1. The summed E-state index contributed by atoms with van der Waals surface area (Å²) in [6.45, 7) is 0. The zero-order valence-corrected chi connectivity index (χ0v) is 23.8. The molecule has 1 aromatic heterocycles. The average Bonchev–Trinajstić information content (AvgIpc) is 3.63. The molecule has 0 amide bonds. The van der Waals surface area contributed by atoms with Crippen LogP contribution < -0.4 is 0 Å². The maximum Gasteiger partial charge on any atom is 0.136 e. The molecule has 0 saturated carbocycles. The molecule has 0 unspecified atom stereocenters. The standard InChI is InChI=1S/C44H28O/c1-3-15-29(16-4-1)31-19-7-8-21-33(31)43-34-22-9-11-24-36(34)44(37-25-12-10-23-35(37)43)40-27-39-32-20-13-14-26-41(32)45-42(39)28-38(40)30-17-5-2-6-18-30/h1-28H/i7D,8D,13D,14D,19D,20D,21D,26D,27D,28D. The van der Waals surface area contributed by atoms with Gasteiger partial charge in [0.25, 0.3) is 0 Å². The van der Waals surface area contributed by atoms with Gasteiger partial charge in [-0.2, -0.15) is 0 Å². The maximum atomic E-state index is 9.99. The minimum absolute atomic E-state index is 0.0207. The lowest BCUT2D eigenvalue weighted by Gasteiger charge is -2.21. The topological polar surface area (TPSA) is 13.1 Å². The summed E-state index contributed by atoms with van der Waals surface area (Å²) in [5.74, 6) is 0. The van der Waals surface area contributed by atoms with Gasteiger partial charge in [-0.05, 0) is 84.2 Å². The molecule has 9 aromatic rings. The van der Waals surface area contributed by atoms with Gasteiger partial charge >= 0.3 is 0 Å². The van der Waals surface area contributed by atoms with Gasteiger partial charge in [0.05, 0.1) is 13.7 Å². The molecule has 0 atom stereocenters. The van der Waals surface area contributed by atoms with Gasteiger partial charge in [0.1, 0.15) is 11.2 Å². The zero-order valence-electron chi connectivity index (χ0n) is 33.8. The number of rotatable bonds is 4. The predicted octanol–water partition coefficient (Wildman–Crippen LogP) is 12.6. The van der Waals surface area contributed by atoms with Gasteiger partial charge in [0, 0.05) is 10.8 Å². The van der Waals surface area contributed by atoms with Crippen LogP contribution in [0.5, 0.6) is 0 Å². The average molecular weight is 583 g/mol. The summed E-state index contributed by atoms with van der Waals surface area (Å²) in [5, 5.41) is 2.74. The summed E-state index contributed by atoms with van der Waals surface area (Å²) in [5.41, 5.74) is 3.70. The van der Waals surface area contributed by atoms with E-state index in [1.54, 1.807) is 0 Å². The van der Waals surface area contributed by atoms with Crippen LogP contribution in [-0.2, 0) is 0 Å². The van der Waals surface area contributed by atoms with Crippen LogP contribution in [0.15, 0.2) is 174 Å². The minimum atomic E-state index is -0.473. The third-order valence-corrected chi connectivity index (χ3v) is 8.32. The van der Waals surface area contributed by atoms with E-state index >= 15 is 0 Å².